The Bertz CT molecular complexity index is 1650. The Morgan fingerprint density at radius 1 is 0.917 bits per heavy atom. The van der Waals surface area contributed by atoms with E-state index in [0.717, 1.165) is 10.9 Å². The molecule has 7 heteroatoms. The molecule has 0 saturated heterocycles. The van der Waals surface area contributed by atoms with Gasteiger partial charge in [0.2, 0.25) is 5.91 Å². The molecule has 0 saturated carbocycles. The molecular formula is C29H20ClNO5. The molecule has 0 aliphatic heterocycles. The molecule has 0 atom stereocenters. The van der Waals surface area contributed by atoms with Gasteiger partial charge in [-0.05, 0) is 72.3 Å². The largest absolute Gasteiger partial charge is 0.495 e. The van der Waals surface area contributed by atoms with Gasteiger partial charge in [0.25, 0.3) is 0 Å². The number of nitrogens with one attached hydrogen (secondary N) is 1. The zero-order valence-corrected chi connectivity index (χ0v) is 19.9. The molecular weight excluding hydrogens is 478 g/mol. The highest BCUT2D eigenvalue weighted by Crippen LogP contribution is 2.31. The molecule has 0 bridgehead atoms. The summed E-state index contributed by atoms with van der Waals surface area (Å²) in [5.74, 6) is 1.24. The van der Waals surface area contributed by atoms with Crippen LogP contribution in [0.3, 0.4) is 0 Å². The topological polar surface area (TPSA) is 81.7 Å². The second-order valence-corrected chi connectivity index (χ2v) is 8.37. The Kier molecular flexibility index (Phi) is 6.43. The van der Waals surface area contributed by atoms with Gasteiger partial charge in [-0.3, -0.25) is 4.79 Å². The van der Waals surface area contributed by atoms with Crippen molar-refractivity contribution in [2.45, 2.75) is 0 Å². The van der Waals surface area contributed by atoms with Crippen molar-refractivity contribution in [3.63, 3.8) is 0 Å². The second kappa shape index (κ2) is 9.98. The number of furan rings is 1. The summed E-state index contributed by atoms with van der Waals surface area (Å²) in [6.07, 6.45) is 2.93. The Morgan fingerprint density at radius 3 is 2.50 bits per heavy atom. The van der Waals surface area contributed by atoms with Crippen molar-refractivity contribution < 1.29 is 18.4 Å². The number of methoxy groups -OCH3 is 1. The van der Waals surface area contributed by atoms with Gasteiger partial charge in [-0.25, -0.2) is 4.79 Å². The predicted molar refractivity (Wildman–Crippen MR) is 141 cm³/mol. The lowest BCUT2D eigenvalue weighted by molar-refractivity contribution is -0.111. The molecule has 6 nitrogen and oxygen atoms in total. The first-order chi connectivity index (χ1) is 17.5. The van der Waals surface area contributed by atoms with E-state index in [1.165, 1.54) is 13.2 Å². The smallest absolute Gasteiger partial charge is 0.344 e. The van der Waals surface area contributed by atoms with E-state index in [1.807, 2.05) is 30.3 Å². The lowest BCUT2D eigenvalue weighted by atomic mass is 10.0. The number of rotatable bonds is 6. The number of benzene rings is 3. The number of ether oxygens (including phenoxy) is 1. The van der Waals surface area contributed by atoms with Crippen LogP contribution in [-0.4, -0.2) is 13.0 Å². The van der Waals surface area contributed by atoms with Crippen molar-refractivity contribution in [1.82, 2.24) is 0 Å². The van der Waals surface area contributed by atoms with Crippen molar-refractivity contribution in [3.8, 4) is 28.2 Å². The summed E-state index contributed by atoms with van der Waals surface area (Å²) in [4.78, 5) is 25.3. The zero-order valence-electron chi connectivity index (χ0n) is 19.2. The highest BCUT2D eigenvalue weighted by molar-refractivity contribution is 6.30. The van der Waals surface area contributed by atoms with Crippen LogP contribution >= 0.6 is 11.6 Å². The SMILES string of the molecule is COc1ccc(-c2cc3ccccc3oc2=O)cc1NC(=O)C=Cc1ccc(-c2ccc(Cl)cc2)o1. The Balaban J connectivity index is 1.37. The number of carbonyl (C=O) groups is 1. The number of halogens is 1. The van der Waals surface area contributed by atoms with Crippen LogP contribution in [0.25, 0.3) is 39.5 Å². The maximum Gasteiger partial charge on any atom is 0.344 e. The van der Waals surface area contributed by atoms with Crippen LogP contribution in [0.2, 0.25) is 5.02 Å². The lowest BCUT2D eigenvalue weighted by Gasteiger charge is -2.11. The third-order valence-corrected chi connectivity index (χ3v) is 5.82. The summed E-state index contributed by atoms with van der Waals surface area (Å²) in [7, 11) is 1.51. The first-order valence-electron chi connectivity index (χ1n) is 11.1. The van der Waals surface area contributed by atoms with Gasteiger partial charge in [-0.15, -0.1) is 0 Å². The van der Waals surface area contributed by atoms with E-state index in [0.29, 0.717) is 44.7 Å². The third-order valence-electron chi connectivity index (χ3n) is 5.56. The van der Waals surface area contributed by atoms with E-state index in [2.05, 4.69) is 5.32 Å². The van der Waals surface area contributed by atoms with Crippen LogP contribution in [0.15, 0.2) is 105 Å². The van der Waals surface area contributed by atoms with Crippen LogP contribution in [0.1, 0.15) is 5.76 Å². The molecule has 0 aliphatic rings. The van der Waals surface area contributed by atoms with E-state index >= 15 is 0 Å². The van der Waals surface area contributed by atoms with Crippen LogP contribution < -0.4 is 15.7 Å². The minimum absolute atomic E-state index is 0.382. The average Bonchev–Trinajstić information content (AvgIpc) is 3.36. The van der Waals surface area contributed by atoms with E-state index < -0.39 is 5.63 Å². The fourth-order valence-electron chi connectivity index (χ4n) is 3.78. The molecule has 1 N–H and O–H groups in total. The molecule has 0 radical (unpaired) electrons. The second-order valence-electron chi connectivity index (χ2n) is 7.93. The summed E-state index contributed by atoms with van der Waals surface area (Å²) in [5, 5.41) is 4.24. The first kappa shape index (κ1) is 23.2. The maximum atomic E-state index is 12.7. The van der Waals surface area contributed by atoms with Crippen molar-refractivity contribution in [3.05, 3.63) is 112 Å². The number of hydrogen-bond acceptors (Lipinski definition) is 5. The normalized spacial score (nSPS) is 11.2. The van der Waals surface area contributed by atoms with Gasteiger partial charge >= 0.3 is 5.63 Å². The molecule has 0 fully saturated rings. The van der Waals surface area contributed by atoms with Crippen LogP contribution in [0, 0.1) is 0 Å². The minimum atomic E-state index is -0.467. The van der Waals surface area contributed by atoms with Gasteiger partial charge in [-0.1, -0.05) is 35.9 Å². The summed E-state index contributed by atoms with van der Waals surface area (Å²) < 4.78 is 16.6. The minimum Gasteiger partial charge on any atom is -0.495 e. The number of para-hydroxylation sites is 1. The molecule has 1 amide bonds. The number of amides is 1. The van der Waals surface area contributed by atoms with Crippen LogP contribution in [-0.2, 0) is 4.79 Å². The predicted octanol–water partition coefficient (Wildman–Crippen LogP) is 7.03. The Labute approximate surface area is 211 Å². The number of carbonyl (C=O) groups excluding carboxylic acids is 1. The van der Waals surface area contributed by atoms with Gasteiger partial charge in [0.15, 0.2) is 0 Å². The van der Waals surface area contributed by atoms with E-state index in [4.69, 9.17) is 25.2 Å². The summed E-state index contributed by atoms with van der Waals surface area (Å²) in [6, 6.07) is 25.0. The maximum absolute atomic E-state index is 12.7. The van der Waals surface area contributed by atoms with Gasteiger partial charge in [0, 0.05) is 22.0 Å². The average molecular weight is 498 g/mol. The molecule has 3 aromatic carbocycles. The molecule has 36 heavy (non-hydrogen) atoms. The van der Waals surface area contributed by atoms with Crippen molar-refractivity contribution in [2.24, 2.45) is 0 Å². The number of anilines is 1. The summed E-state index contributed by atoms with van der Waals surface area (Å²) in [5.41, 5.74) is 2.31. The van der Waals surface area contributed by atoms with E-state index in [1.54, 1.807) is 60.7 Å². The Hall–Kier alpha value is -4.55. The van der Waals surface area contributed by atoms with Crippen LogP contribution in [0.5, 0.6) is 5.75 Å². The third kappa shape index (κ3) is 4.94. The van der Waals surface area contributed by atoms with E-state index in [-0.39, 0.29) is 5.91 Å². The fourth-order valence-corrected chi connectivity index (χ4v) is 3.91. The number of fused-ring (bicyclic) bond motifs is 1. The van der Waals surface area contributed by atoms with E-state index in [9.17, 15) is 9.59 Å². The molecule has 0 aliphatic carbocycles. The van der Waals surface area contributed by atoms with Crippen molar-refractivity contribution >= 4 is 40.2 Å². The van der Waals surface area contributed by atoms with Crippen LogP contribution in [0.4, 0.5) is 5.69 Å². The molecule has 5 rings (SSSR count). The summed E-state index contributed by atoms with van der Waals surface area (Å²) >= 11 is 5.94. The first-order valence-corrected chi connectivity index (χ1v) is 11.4. The van der Waals surface area contributed by atoms with Gasteiger partial charge < -0.3 is 18.9 Å². The highest BCUT2D eigenvalue weighted by atomic mass is 35.5. The molecule has 0 unspecified atom stereocenters. The number of hydrogen-bond donors (Lipinski definition) is 1. The standard InChI is InChI=1S/C29H20ClNO5/c1-34-27-13-8-19(23-16-20-4-2-3-5-25(20)36-29(23)33)17-24(27)31-28(32)15-12-22-11-14-26(35-22)18-6-9-21(30)10-7-18/h2-17H,1H3,(H,31,32). The summed E-state index contributed by atoms with van der Waals surface area (Å²) in [6.45, 7) is 0. The quantitative estimate of drug-likeness (QED) is 0.201. The van der Waals surface area contributed by atoms with Gasteiger partial charge in [0.05, 0.1) is 18.4 Å². The fraction of sp³-hybridized carbons (Fsp3) is 0.0345. The zero-order chi connectivity index (χ0) is 25.1. The Morgan fingerprint density at radius 2 is 1.69 bits per heavy atom. The van der Waals surface area contributed by atoms with Crippen molar-refractivity contribution in [1.29, 1.82) is 0 Å². The molecule has 0 spiro atoms. The monoisotopic (exact) mass is 497 g/mol. The highest BCUT2D eigenvalue weighted by Gasteiger charge is 2.13. The molecule has 2 heterocycles. The van der Waals surface area contributed by atoms with Crippen molar-refractivity contribution in [2.75, 3.05) is 12.4 Å². The lowest BCUT2D eigenvalue weighted by Crippen LogP contribution is -2.09. The molecule has 2 aromatic heterocycles. The van der Waals surface area contributed by atoms with Gasteiger partial charge in [0.1, 0.15) is 22.9 Å². The van der Waals surface area contributed by atoms with Gasteiger partial charge in [-0.2, -0.15) is 0 Å². The molecule has 5 aromatic rings. The molecule has 178 valence electrons.